The van der Waals surface area contributed by atoms with E-state index >= 15 is 0 Å². The quantitative estimate of drug-likeness (QED) is 0.567. The highest BCUT2D eigenvalue weighted by Crippen LogP contribution is 2.59. The van der Waals surface area contributed by atoms with Gasteiger partial charge in [-0.25, -0.2) is 0 Å². The van der Waals surface area contributed by atoms with E-state index in [0.29, 0.717) is 5.41 Å². The summed E-state index contributed by atoms with van der Waals surface area (Å²) in [7, 11) is 0. The fourth-order valence-electron chi connectivity index (χ4n) is 3.15. The Kier molecular flexibility index (Phi) is 1.26. The summed E-state index contributed by atoms with van der Waals surface area (Å²) >= 11 is 0. The summed E-state index contributed by atoms with van der Waals surface area (Å²) in [6.45, 7) is 6.94. The van der Waals surface area contributed by atoms with Crippen molar-refractivity contribution in [3.05, 3.63) is 0 Å². The minimum Gasteiger partial charge on any atom is -0.325 e. The van der Waals surface area contributed by atoms with Crippen molar-refractivity contribution in [1.29, 1.82) is 0 Å². The van der Waals surface area contributed by atoms with Crippen molar-refractivity contribution in [3.63, 3.8) is 0 Å². The summed E-state index contributed by atoms with van der Waals surface area (Å²) in [4.78, 5) is 0. The molecule has 0 aromatic heterocycles. The molecule has 0 saturated heterocycles. The molecule has 2 N–H and O–H groups in total. The van der Waals surface area contributed by atoms with Crippen LogP contribution in [0.4, 0.5) is 0 Å². The molecule has 11 heavy (non-hydrogen) atoms. The monoisotopic (exact) mass is 153 g/mol. The smallest absolute Gasteiger partial charge is 0.0208 e. The first-order valence-corrected chi connectivity index (χ1v) is 4.75. The van der Waals surface area contributed by atoms with E-state index in [1.807, 2.05) is 0 Å². The number of hydrogen-bond donors (Lipinski definition) is 1. The van der Waals surface area contributed by atoms with E-state index in [1.54, 1.807) is 0 Å². The molecule has 2 aliphatic carbocycles. The molecule has 0 radical (unpaired) electrons. The molecule has 1 nitrogen and oxygen atoms in total. The Morgan fingerprint density at radius 2 is 1.64 bits per heavy atom. The number of rotatable bonds is 0. The fourth-order valence-corrected chi connectivity index (χ4v) is 3.15. The lowest BCUT2D eigenvalue weighted by molar-refractivity contribution is 0.102. The molecule has 64 valence electrons. The molecule has 2 saturated carbocycles. The average molecular weight is 153 g/mol. The van der Waals surface area contributed by atoms with E-state index in [2.05, 4.69) is 20.8 Å². The van der Waals surface area contributed by atoms with Crippen molar-refractivity contribution in [1.82, 2.24) is 0 Å². The minimum atomic E-state index is 0.107. The Morgan fingerprint density at radius 1 is 1.09 bits per heavy atom. The number of nitrogens with two attached hydrogens (primary N) is 1. The SMILES string of the molecule is CC1(C)[C@H]2CC[C@H](C2)[C@@]1(C)N. The van der Waals surface area contributed by atoms with Gasteiger partial charge in [0.1, 0.15) is 0 Å². The van der Waals surface area contributed by atoms with Gasteiger partial charge in [-0.15, -0.1) is 0 Å². The molecule has 0 unspecified atom stereocenters. The summed E-state index contributed by atoms with van der Waals surface area (Å²) in [5.74, 6) is 1.71. The van der Waals surface area contributed by atoms with Gasteiger partial charge in [0.2, 0.25) is 0 Å². The molecule has 0 spiro atoms. The second-order valence-electron chi connectivity index (χ2n) is 5.21. The highest BCUT2D eigenvalue weighted by molar-refractivity contribution is 5.12. The molecule has 0 heterocycles. The van der Waals surface area contributed by atoms with Gasteiger partial charge in [0.25, 0.3) is 0 Å². The zero-order chi connectivity index (χ0) is 8.28. The Bertz CT molecular complexity index is 161. The van der Waals surface area contributed by atoms with E-state index in [-0.39, 0.29) is 5.54 Å². The third-order valence-corrected chi connectivity index (χ3v) is 4.69. The summed E-state index contributed by atoms with van der Waals surface area (Å²) in [5.41, 5.74) is 6.83. The molecule has 2 aliphatic rings. The molecular formula is C10H19N. The number of fused-ring (bicyclic) bond motifs is 2. The van der Waals surface area contributed by atoms with Gasteiger partial charge in [0.15, 0.2) is 0 Å². The molecular weight excluding hydrogens is 134 g/mol. The molecule has 2 bridgehead atoms. The predicted molar refractivity (Wildman–Crippen MR) is 47.2 cm³/mol. The van der Waals surface area contributed by atoms with Crippen LogP contribution in [-0.2, 0) is 0 Å². The first kappa shape index (κ1) is 7.60. The normalized spacial score (nSPS) is 53.5. The van der Waals surface area contributed by atoms with Crippen LogP contribution < -0.4 is 5.73 Å². The van der Waals surface area contributed by atoms with Crippen molar-refractivity contribution < 1.29 is 0 Å². The lowest BCUT2D eigenvalue weighted by Gasteiger charge is -2.45. The second-order valence-corrected chi connectivity index (χ2v) is 5.21. The zero-order valence-electron chi connectivity index (χ0n) is 7.85. The largest absolute Gasteiger partial charge is 0.325 e. The Labute approximate surface area is 69.4 Å². The van der Waals surface area contributed by atoms with E-state index in [0.717, 1.165) is 11.8 Å². The first-order valence-electron chi connectivity index (χ1n) is 4.75. The van der Waals surface area contributed by atoms with Gasteiger partial charge in [0, 0.05) is 5.54 Å². The molecule has 3 atom stereocenters. The predicted octanol–water partition coefficient (Wildman–Crippen LogP) is 2.16. The summed E-state index contributed by atoms with van der Waals surface area (Å²) in [6, 6.07) is 0. The fraction of sp³-hybridized carbons (Fsp3) is 1.00. The maximum Gasteiger partial charge on any atom is 0.0208 e. The van der Waals surface area contributed by atoms with E-state index in [4.69, 9.17) is 5.73 Å². The third-order valence-electron chi connectivity index (χ3n) is 4.69. The average Bonchev–Trinajstić information content (AvgIpc) is 2.37. The van der Waals surface area contributed by atoms with Crippen molar-refractivity contribution in [2.24, 2.45) is 23.0 Å². The van der Waals surface area contributed by atoms with Gasteiger partial charge in [-0.1, -0.05) is 13.8 Å². The van der Waals surface area contributed by atoms with Gasteiger partial charge in [-0.3, -0.25) is 0 Å². The van der Waals surface area contributed by atoms with Crippen molar-refractivity contribution in [2.45, 2.75) is 45.6 Å². The van der Waals surface area contributed by atoms with Crippen LogP contribution in [0.15, 0.2) is 0 Å². The lowest BCUT2D eigenvalue weighted by Crippen LogP contribution is -2.54. The van der Waals surface area contributed by atoms with Crippen LogP contribution in [-0.4, -0.2) is 5.54 Å². The van der Waals surface area contributed by atoms with Crippen LogP contribution in [0, 0.1) is 17.3 Å². The first-order chi connectivity index (χ1) is 4.96. The van der Waals surface area contributed by atoms with Crippen molar-refractivity contribution >= 4 is 0 Å². The summed E-state index contributed by atoms with van der Waals surface area (Å²) in [5, 5.41) is 0. The van der Waals surface area contributed by atoms with Crippen LogP contribution in [0.5, 0.6) is 0 Å². The van der Waals surface area contributed by atoms with E-state index in [1.165, 1.54) is 19.3 Å². The molecule has 1 heteroatoms. The van der Waals surface area contributed by atoms with Crippen LogP contribution in [0.2, 0.25) is 0 Å². The molecule has 2 rings (SSSR count). The Balaban J connectivity index is 2.36. The standard InChI is InChI=1S/C10H19N/c1-9(2)7-4-5-8(6-7)10(9,3)11/h7-8H,4-6,11H2,1-3H3/t7-,8+,10+/m0/s1. The molecule has 0 aromatic carbocycles. The van der Waals surface area contributed by atoms with Gasteiger partial charge < -0.3 is 5.73 Å². The van der Waals surface area contributed by atoms with Crippen molar-refractivity contribution in [3.8, 4) is 0 Å². The van der Waals surface area contributed by atoms with Crippen LogP contribution in [0.3, 0.4) is 0 Å². The highest BCUT2D eigenvalue weighted by Gasteiger charge is 2.58. The minimum absolute atomic E-state index is 0.107. The molecule has 2 fully saturated rings. The topological polar surface area (TPSA) is 26.0 Å². The molecule has 0 amide bonds. The van der Waals surface area contributed by atoms with Gasteiger partial charge >= 0.3 is 0 Å². The second kappa shape index (κ2) is 1.82. The van der Waals surface area contributed by atoms with E-state index in [9.17, 15) is 0 Å². The summed E-state index contributed by atoms with van der Waals surface area (Å²) < 4.78 is 0. The highest BCUT2D eigenvalue weighted by atomic mass is 14.9. The van der Waals surface area contributed by atoms with Gasteiger partial charge in [0.05, 0.1) is 0 Å². The van der Waals surface area contributed by atoms with Crippen molar-refractivity contribution in [2.75, 3.05) is 0 Å². The van der Waals surface area contributed by atoms with Gasteiger partial charge in [-0.05, 0) is 43.4 Å². The Hall–Kier alpha value is -0.0400. The molecule has 0 aromatic rings. The Morgan fingerprint density at radius 3 is 1.91 bits per heavy atom. The maximum absolute atomic E-state index is 6.34. The molecule has 0 aliphatic heterocycles. The lowest BCUT2D eigenvalue weighted by atomic mass is 9.65. The third kappa shape index (κ3) is 0.703. The van der Waals surface area contributed by atoms with Crippen LogP contribution >= 0.6 is 0 Å². The number of hydrogen-bond acceptors (Lipinski definition) is 1. The summed E-state index contributed by atoms with van der Waals surface area (Å²) in [6.07, 6.45) is 4.19. The van der Waals surface area contributed by atoms with Crippen LogP contribution in [0.25, 0.3) is 0 Å². The zero-order valence-corrected chi connectivity index (χ0v) is 7.85. The van der Waals surface area contributed by atoms with Gasteiger partial charge in [-0.2, -0.15) is 0 Å². The van der Waals surface area contributed by atoms with E-state index < -0.39 is 0 Å². The maximum atomic E-state index is 6.34. The van der Waals surface area contributed by atoms with Crippen LogP contribution in [0.1, 0.15) is 40.0 Å².